The molecular formula is C66H50N2. The van der Waals surface area contributed by atoms with Crippen molar-refractivity contribution in [3.8, 4) is 50.2 Å². The average Bonchev–Trinajstić information content (AvgIpc) is 3.84. The van der Waals surface area contributed by atoms with Crippen LogP contribution in [0.1, 0.15) is 43.0 Å². The fourth-order valence-corrected chi connectivity index (χ4v) is 11.5. The molecule has 10 aromatic carbocycles. The molecule has 0 saturated heterocycles. The number of anilines is 3. The van der Waals surface area contributed by atoms with E-state index in [4.69, 9.17) is 0 Å². The van der Waals surface area contributed by atoms with Crippen LogP contribution >= 0.6 is 0 Å². The van der Waals surface area contributed by atoms with Gasteiger partial charge in [-0.15, -0.1) is 0 Å². The van der Waals surface area contributed by atoms with Gasteiger partial charge < -0.3 is 9.47 Å². The Morgan fingerprint density at radius 2 is 1.04 bits per heavy atom. The molecule has 2 nitrogen and oxygen atoms in total. The Morgan fingerprint density at radius 1 is 0.426 bits per heavy atom. The lowest BCUT2D eigenvalue weighted by Gasteiger charge is -2.29. The zero-order chi connectivity index (χ0) is 45.5. The number of benzene rings is 10. The molecule has 2 aliphatic carbocycles. The Bertz CT molecular complexity index is 3800. The van der Waals surface area contributed by atoms with Gasteiger partial charge in [0.25, 0.3) is 0 Å². The fraction of sp³-hybridized carbons (Fsp3) is 0.0909. The number of aromatic nitrogens is 1. The van der Waals surface area contributed by atoms with E-state index in [1.807, 2.05) is 0 Å². The summed E-state index contributed by atoms with van der Waals surface area (Å²) < 4.78 is 2.39. The molecule has 13 rings (SSSR count). The molecule has 1 atom stereocenters. The molecule has 0 N–H and O–H groups in total. The van der Waals surface area contributed by atoms with E-state index < -0.39 is 0 Å². The predicted octanol–water partition coefficient (Wildman–Crippen LogP) is 17.9. The molecule has 1 unspecified atom stereocenters. The minimum absolute atomic E-state index is 0.196. The van der Waals surface area contributed by atoms with Gasteiger partial charge in [-0.1, -0.05) is 179 Å². The highest BCUT2D eigenvalue weighted by Crippen LogP contribution is 2.52. The summed E-state index contributed by atoms with van der Waals surface area (Å²) in [4.78, 5) is 2.45. The van der Waals surface area contributed by atoms with Gasteiger partial charge in [0.15, 0.2) is 0 Å². The standard InChI is InChI=1S/C66H50N2/c1-43-24-25-46-28-34-56-54(21-13-22-55(56)60(46)38-43)45-26-31-51(32-27-45)67(53-33-36-58-57-35-29-49(44-14-6-4-7-15-44)41-62(57)66(2,3)63(58)42-53)52-19-12-16-47(39-52)48-30-37-65-61(40-48)59-20-10-11-23-64(59)68(65)50-17-8-5-9-18-50/h4-37,39-43H,38H2,1-3H3. The summed E-state index contributed by atoms with van der Waals surface area (Å²) in [6, 6.07) is 81.2. The summed E-state index contributed by atoms with van der Waals surface area (Å²) >= 11 is 0. The van der Waals surface area contributed by atoms with Crippen molar-refractivity contribution in [2.24, 2.45) is 5.92 Å². The van der Waals surface area contributed by atoms with Gasteiger partial charge >= 0.3 is 0 Å². The molecular weight excluding hydrogens is 821 g/mol. The zero-order valence-corrected chi connectivity index (χ0v) is 38.6. The van der Waals surface area contributed by atoms with Crippen LogP contribution in [0.2, 0.25) is 0 Å². The van der Waals surface area contributed by atoms with Crippen LogP contribution in [-0.4, -0.2) is 4.57 Å². The molecule has 0 fully saturated rings. The van der Waals surface area contributed by atoms with Crippen molar-refractivity contribution in [1.82, 2.24) is 4.57 Å². The number of para-hydroxylation sites is 2. The Hall–Kier alpha value is -8.20. The van der Waals surface area contributed by atoms with Gasteiger partial charge in [0, 0.05) is 38.9 Å². The van der Waals surface area contributed by atoms with Crippen LogP contribution in [0.4, 0.5) is 17.1 Å². The number of rotatable bonds is 7. The van der Waals surface area contributed by atoms with Crippen molar-refractivity contribution in [3.63, 3.8) is 0 Å². The zero-order valence-electron chi connectivity index (χ0n) is 38.6. The van der Waals surface area contributed by atoms with Crippen molar-refractivity contribution in [1.29, 1.82) is 0 Å². The van der Waals surface area contributed by atoms with Gasteiger partial charge in [-0.2, -0.15) is 0 Å². The van der Waals surface area contributed by atoms with Crippen molar-refractivity contribution in [2.45, 2.75) is 32.6 Å². The fourth-order valence-electron chi connectivity index (χ4n) is 11.5. The lowest BCUT2D eigenvalue weighted by Crippen LogP contribution is -2.16. The number of nitrogens with zero attached hydrogens (tertiary/aromatic N) is 2. The Kier molecular flexibility index (Phi) is 9.27. The van der Waals surface area contributed by atoms with Crippen LogP contribution in [0.15, 0.2) is 224 Å². The second kappa shape index (κ2) is 15.7. The summed E-state index contributed by atoms with van der Waals surface area (Å²) in [5, 5.41) is 5.17. The third kappa shape index (κ3) is 6.47. The topological polar surface area (TPSA) is 8.17 Å². The average molecular weight is 871 g/mol. The van der Waals surface area contributed by atoms with E-state index in [0.29, 0.717) is 5.92 Å². The first-order valence-corrected chi connectivity index (χ1v) is 24.0. The Morgan fingerprint density at radius 3 is 1.88 bits per heavy atom. The first-order chi connectivity index (χ1) is 33.4. The number of hydrogen-bond acceptors (Lipinski definition) is 1. The minimum Gasteiger partial charge on any atom is -0.310 e. The third-order valence-electron chi connectivity index (χ3n) is 14.9. The first-order valence-electron chi connectivity index (χ1n) is 24.0. The van der Waals surface area contributed by atoms with Crippen LogP contribution in [0.5, 0.6) is 0 Å². The van der Waals surface area contributed by atoms with E-state index in [1.54, 1.807) is 0 Å². The molecule has 0 bridgehead atoms. The second-order valence-electron chi connectivity index (χ2n) is 19.4. The smallest absolute Gasteiger partial charge is 0.0541 e. The quantitative estimate of drug-likeness (QED) is 0.155. The highest BCUT2D eigenvalue weighted by Gasteiger charge is 2.36. The molecule has 2 heteroatoms. The molecule has 0 spiro atoms. The van der Waals surface area contributed by atoms with Crippen molar-refractivity contribution < 1.29 is 0 Å². The van der Waals surface area contributed by atoms with Crippen LogP contribution in [-0.2, 0) is 11.8 Å². The molecule has 0 saturated carbocycles. The molecule has 2 aliphatic rings. The van der Waals surface area contributed by atoms with E-state index >= 15 is 0 Å². The van der Waals surface area contributed by atoms with Crippen LogP contribution in [0.3, 0.4) is 0 Å². The highest BCUT2D eigenvalue weighted by atomic mass is 15.1. The third-order valence-corrected chi connectivity index (χ3v) is 14.9. The predicted molar refractivity (Wildman–Crippen MR) is 289 cm³/mol. The molecule has 1 heterocycles. The van der Waals surface area contributed by atoms with Gasteiger partial charge in [0.2, 0.25) is 0 Å². The Labute approximate surface area is 398 Å². The molecule has 0 aliphatic heterocycles. The van der Waals surface area contributed by atoms with E-state index in [1.165, 1.54) is 105 Å². The lowest BCUT2D eigenvalue weighted by atomic mass is 9.81. The van der Waals surface area contributed by atoms with Crippen LogP contribution in [0, 0.1) is 5.92 Å². The van der Waals surface area contributed by atoms with Crippen LogP contribution in [0.25, 0.3) is 88.8 Å². The van der Waals surface area contributed by atoms with E-state index in [2.05, 4.69) is 261 Å². The first kappa shape index (κ1) is 40.1. The Balaban J connectivity index is 0.938. The molecule has 1 aromatic heterocycles. The second-order valence-corrected chi connectivity index (χ2v) is 19.4. The summed E-state index contributed by atoms with van der Waals surface area (Å²) in [6.07, 6.45) is 5.71. The van der Waals surface area contributed by atoms with Gasteiger partial charge in [-0.05, 0) is 163 Å². The summed E-state index contributed by atoms with van der Waals surface area (Å²) in [7, 11) is 0. The van der Waals surface area contributed by atoms with E-state index in [9.17, 15) is 0 Å². The van der Waals surface area contributed by atoms with Gasteiger partial charge in [0.1, 0.15) is 0 Å². The van der Waals surface area contributed by atoms with Gasteiger partial charge in [-0.3, -0.25) is 0 Å². The number of hydrogen-bond donors (Lipinski definition) is 0. The normalized spacial score (nSPS) is 14.5. The van der Waals surface area contributed by atoms with Crippen molar-refractivity contribution in [3.05, 3.63) is 247 Å². The maximum absolute atomic E-state index is 2.45. The summed E-state index contributed by atoms with van der Waals surface area (Å²) in [6.45, 7) is 7.09. The number of allylic oxidation sites excluding steroid dienone is 1. The minimum atomic E-state index is -0.196. The molecule has 0 radical (unpaired) electrons. The maximum Gasteiger partial charge on any atom is 0.0541 e. The molecule has 324 valence electrons. The number of fused-ring (bicyclic) bond motifs is 9. The van der Waals surface area contributed by atoms with E-state index in [0.717, 1.165) is 23.5 Å². The molecule has 0 amide bonds. The van der Waals surface area contributed by atoms with Crippen LogP contribution < -0.4 is 4.90 Å². The van der Waals surface area contributed by atoms with Crippen molar-refractivity contribution >= 4 is 55.7 Å². The summed E-state index contributed by atoms with van der Waals surface area (Å²) in [5.41, 5.74) is 22.2. The van der Waals surface area contributed by atoms with Crippen molar-refractivity contribution in [2.75, 3.05) is 4.90 Å². The van der Waals surface area contributed by atoms with Gasteiger partial charge in [0.05, 0.1) is 11.0 Å². The maximum atomic E-state index is 2.45. The lowest BCUT2D eigenvalue weighted by molar-refractivity contribution is 0.660. The molecule has 68 heavy (non-hydrogen) atoms. The monoisotopic (exact) mass is 870 g/mol. The van der Waals surface area contributed by atoms with Gasteiger partial charge in [-0.25, -0.2) is 0 Å². The largest absolute Gasteiger partial charge is 0.310 e. The SMILES string of the molecule is CC1C=Cc2ccc3c(-c4ccc(N(c5cccc(-c6ccc7c(c6)c6ccccc6n7-c6ccccc6)c5)c5ccc6c(c5)C(C)(C)c5cc(-c7ccccc7)ccc5-6)cc4)cccc3c2C1. The molecule has 11 aromatic rings. The summed E-state index contributed by atoms with van der Waals surface area (Å²) in [5.74, 6) is 0.538. The van der Waals surface area contributed by atoms with E-state index in [-0.39, 0.29) is 5.41 Å². The highest BCUT2D eigenvalue weighted by molar-refractivity contribution is 6.10.